The summed E-state index contributed by atoms with van der Waals surface area (Å²) in [6.45, 7) is 4.66. The van der Waals surface area contributed by atoms with Gasteiger partial charge in [-0.15, -0.1) is 0 Å². The number of rotatable bonds is 3. The summed E-state index contributed by atoms with van der Waals surface area (Å²) in [4.78, 5) is 18.2. The maximum absolute atomic E-state index is 12.5. The third-order valence-corrected chi connectivity index (χ3v) is 3.99. The smallest absolute Gasteiger partial charge is 0.259 e. The fraction of sp³-hybridized carbons (Fsp3) is 0.400. The van der Waals surface area contributed by atoms with E-state index in [1.807, 2.05) is 0 Å². The molecule has 116 valence electrons. The van der Waals surface area contributed by atoms with Gasteiger partial charge in [-0.05, 0) is 13.8 Å². The SMILES string of the molecule is Cc1noc(C)c1C(=O)N1CC[C@H](Oc2ccncc2Cl)C1. The van der Waals surface area contributed by atoms with Crippen LogP contribution >= 0.6 is 11.6 Å². The lowest BCUT2D eigenvalue weighted by atomic mass is 10.2. The van der Waals surface area contributed by atoms with Gasteiger partial charge in [0.15, 0.2) is 0 Å². The maximum Gasteiger partial charge on any atom is 0.259 e. The van der Waals surface area contributed by atoms with Crippen LogP contribution in [0.1, 0.15) is 28.2 Å². The van der Waals surface area contributed by atoms with Crippen LogP contribution < -0.4 is 4.74 Å². The Labute approximate surface area is 133 Å². The predicted molar refractivity (Wildman–Crippen MR) is 80.2 cm³/mol. The van der Waals surface area contributed by atoms with Gasteiger partial charge in [-0.1, -0.05) is 16.8 Å². The monoisotopic (exact) mass is 321 g/mol. The summed E-state index contributed by atoms with van der Waals surface area (Å²) in [6, 6.07) is 1.72. The summed E-state index contributed by atoms with van der Waals surface area (Å²) in [5.74, 6) is 1.07. The zero-order valence-corrected chi connectivity index (χ0v) is 13.1. The summed E-state index contributed by atoms with van der Waals surface area (Å²) in [7, 11) is 0. The lowest BCUT2D eigenvalue weighted by Crippen LogP contribution is -2.31. The van der Waals surface area contributed by atoms with E-state index in [0.717, 1.165) is 6.42 Å². The molecule has 0 bridgehead atoms. The van der Waals surface area contributed by atoms with Gasteiger partial charge in [0.25, 0.3) is 5.91 Å². The molecule has 1 aliphatic rings. The molecule has 0 aromatic carbocycles. The number of aryl methyl sites for hydroxylation is 2. The van der Waals surface area contributed by atoms with Gasteiger partial charge in [0, 0.05) is 31.4 Å². The topological polar surface area (TPSA) is 68.5 Å². The molecule has 1 amide bonds. The van der Waals surface area contributed by atoms with Gasteiger partial charge in [0.1, 0.15) is 28.2 Å². The minimum absolute atomic E-state index is 0.0665. The van der Waals surface area contributed by atoms with Gasteiger partial charge in [-0.2, -0.15) is 0 Å². The number of hydrogen-bond donors (Lipinski definition) is 0. The summed E-state index contributed by atoms with van der Waals surface area (Å²) >= 11 is 6.04. The molecule has 0 spiro atoms. The normalized spacial score (nSPS) is 17.8. The molecule has 7 heteroatoms. The zero-order chi connectivity index (χ0) is 15.7. The van der Waals surface area contributed by atoms with Crippen LogP contribution in [0.15, 0.2) is 23.0 Å². The van der Waals surface area contributed by atoms with Crippen LogP contribution in [0.3, 0.4) is 0 Å². The number of hydrogen-bond acceptors (Lipinski definition) is 5. The van der Waals surface area contributed by atoms with Crippen LogP contribution in [0.4, 0.5) is 0 Å². The number of amides is 1. The second kappa shape index (κ2) is 5.96. The lowest BCUT2D eigenvalue weighted by molar-refractivity contribution is 0.0770. The van der Waals surface area contributed by atoms with Crippen molar-refractivity contribution >= 4 is 17.5 Å². The van der Waals surface area contributed by atoms with E-state index in [9.17, 15) is 4.79 Å². The Balaban J connectivity index is 1.68. The molecule has 6 nitrogen and oxygen atoms in total. The van der Waals surface area contributed by atoms with Crippen molar-refractivity contribution in [2.45, 2.75) is 26.4 Å². The Bertz CT molecular complexity index is 682. The number of halogens is 1. The Kier molecular flexibility index (Phi) is 4.02. The number of ether oxygens (including phenoxy) is 1. The van der Waals surface area contributed by atoms with Gasteiger partial charge >= 0.3 is 0 Å². The highest BCUT2D eigenvalue weighted by Crippen LogP contribution is 2.26. The van der Waals surface area contributed by atoms with Gasteiger partial charge in [-0.3, -0.25) is 9.78 Å². The Morgan fingerprint density at radius 1 is 1.50 bits per heavy atom. The first-order valence-corrected chi connectivity index (χ1v) is 7.42. The van der Waals surface area contributed by atoms with Crippen LogP contribution in [0, 0.1) is 13.8 Å². The molecule has 0 N–H and O–H groups in total. The number of pyridine rings is 1. The van der Waals surface area contributed by atoms with Crippen molar-refractivity contribution in [2.75, 3.05) is 13.1 Å². The zero-order valence-electron chi connectivity index (χ0n) is 12.4. The molecule has 22 heavy (non-hydrogen) atoms. The molecule has 0 aliphatic carbocycles. The number of aromatic nitrogens is 2. The molecule has 0 saturated carbocycles. The molecule has 0 unspecified atom stereocenters. The Hall–Kier alpha value is -2.08. The molecule has 1 fully saturated rings. The first kappa shape index (κ1) is 14.8. The fourth-order valence-corrected chi connectivity index (χ4v) is 2.76. The molecule has 0 radical (unpaired) electrons. The van der Waals surface area contributed by atoms with E-state index >= 15 is 0 Å². The van der Waals surface area contributed by atoms with Crippen molar-refractivity contribution in [3.63, 3.8) is 0 Å². The summed E-state index contributed by atoms with van der Waals surface area (Å²) in [5, 5.41) is 4.30. The first-order valence-electron chi connectivity index (χ1n) is 7.04. The highest BCUT2D eigenvalue weighted by atomic mass is 35.5. The second-order valence-electron chi connectivity index (χ2n) is 5.28. The summed E-state index contributed by atoms with van der Waals surface area (Å²) < 4.78 is 10.9. The molecule has 1 atom stereocenters. The van der Waals surface area contributed by atoms with Crippen molar-refractivity contribution in [3.8, 4) is 5.75 Å². The minimum atomic E-state index is -0.0793. The van der Waals surface area contributed by atoms with Crippen LogP contribution in [-0.4, -0.2) is 40.1 Å². The molecule has 2 aromatic heterocycles. The van der Waals surface area contributed by atoms with Crippen molar-refractivity contribution in [1.82, 2.24) is 15.0 Å². The lowest BCUT2D eigenvalue weighted by Gasteiger charge is -2.17. The fourth-order valence-electron chi connectivity index (χ4n) is 2.59. The van der Waals surface area contributed by atoms with Crippen LogP contribution in [0.5, 0.6) is 5.75 Å². The average Bonchev–Trinajstić information content (AvgIpc) is 3.08. The van der Waals surface area contributed by atoms with Crippen molar-refractivity contribution in [2.24, 2.45) is 0 Å². The maximum atomic E-state index is 12.5. The molecule has 3 heterocycles. The quantitative estimate of drug-likeness (QED) is 0.869. The molecule has 1 saturated heterocycles. The summed E-state index contributed by atoms with van der Waals surface area (Å²) in [6.07, 6.45) is 3.85. The van der Waals surface area contributed by atoms with E-state index in [1.54, 1.807) is 37.2 Å². The molecule has 2 aromatic rings. The predicted octanol–water partition coefficient (Wildman–Crippen LogP) is 2.63. The van der Waals surface area contributed by atoms with E-state index in [0.29, 0.717) is 40.9 Å². The molecule has 3 rings (SSSR count). The van der Waals surface area contributed by atoms with Gasteiger partial charge in [0.2, 0.25) is 0 Å². The molecular formula is C15H16ClN3O3. The highest BCUT2D eigenvalue weighted by molar-refractivity contribution is 6.31. The van der Waals surface area contributed by atoms with Crippen molar-refractivity contribution in [3.05, 3.63) is 40.5 Å². The van der Waals surface area contributed by atoms with Gasteiger partial charge < -0.3 is 14.2 Å². The number of carbonyl (C=O) groups excluding carboxylic acids is 1. The van der Waals surface area contributed by atoms with E-state index in [1.165, 1.54) is 0 Å². The second-order valence-corrected chi connectivity index (χ2v) is 5.69. The average molecular weight is 322 g/mol. The summed E-state index contributed by atoms with van der Waals surface area (Å²) in [5.41, 5.74) is 1.16. The molecule has 1 aliphatic heterocycles. The standard InChI is InChI=1S/C15H16ClN3O3/c1-9-14(10(2)22-18-9)15(20)19-6-4-11(8-19)21-13-3-5-17-7-12(13)16/h3,5,7,11H,4,6,8H2,1-2H3/t11-/m0/s1. The number of nitrogens with zero attached hydrogens (tertiary/aromatic N) is 3. The first-order chi connectivity index (χ1) is 10.6. The third kappa shape index (κ3) is 2.78. The van der Waals surface area contributed by atoms with Crippen LogP contribution in [0.2, 0.25) is 5.02 Å². The Morgan fingerprint density at radius 2 is 2.32 bits per heavy atom. The number of likely N-dealkylation sites (tertiary alicyclic amines) is 1. The van der Waals surface area contributed by atoms with Crippen LogP contribution in [0.25, 0.3) is 0 Å². The Morgan fingerprint density at radius 3 is 3.00 bits per heavy atom. The largest absolute Gasteiger partial charge is 0.487 e. The van der Waals surface area contributed by atoms with E-state index in [-0.39, 0.29) is 12.0 Å². The number of carbonyl (C=O) groups is 1. The van der Waals surface area contributed by atoms with E-state index < -0.39 is 0 Å². The van der Waals surface area contributed by atoms with Gasteiger partial charge in [0.05, 0.1) is 12.2 Å². The van der Waals surface area contributed by atoms with Crippen molar-refractivity contribution < 1.29 is 14.1 Å². The van der Waals surface area contributed by atoms with Gasteiger partial charge in [-0.25, -0.2) is 0 Å². The molecular weight excluding hydrogens is 306 g/mol. The van der Waals surface area contributed by atoms with E-state index in [4.69, 9.17) is 20.9 Å². The van der Waals surface area contributed by atoms with E-state index in [2.05, 4.69) is 10.1 Å². The third-order valence-electron chi connectivity index (χ3n) is 3.71. The van der Waals surface area contributed by atoms with Crippen LogP contribution in [-0.2, 0) is 0 Å². The minimum Gasteiger partial charge on any atom is -0.487 e. The highest BCUT2D eigenvalue weighted by Gasteiger charge is 2.31. The van der Waals surface area contributed by atoms with Crippen molar-refractivity contribution in [1.29, 1.82) is 0 Å².